The number of ketones is 1. The normalized spacial score (nSPS) is 13.1. The predicted octanol–water partition coefficient (Wildman–Crippen LogP) is 3.98. The van der Waals surface area contributed by atoms with Crippen LogP contribution in [-0.2, 0) is 0 Å². The quantitative estimate of drug-likeness (QED) is 0.630. The van der Waals surface area contributed by atoms with Crippen molar-refractivity contribution in [3.8, 4) is 17.2 Å². The molecule has 0 N–H and O–H groups in total. The van der Waals surface area contributed by atoms with E-state index in [1.807, 2.05) is 44.2 Å². The second-order valence-electron chi connectivity index (χ2n) is 5.74. The Morgan fingerprint density at radius 1 is 1.08 bits per heavy atom. The Bertz CT molecular complexity index is 788. The van der Waals surface area contributed by atoms with Crippen molar-refractivity contribution in [1.82, 2.24) is 0 Å². The van der Waals surface area contributed by atoms with E-state index < -0.39 is 0 Å². The summed E-state index contributed by atoms with van der Waals surface area (Å²) in [6, 6.07) is 9.40. The fraction of sp³-hybridized carbons (Fsp3) is 0.250. The Hall–Kier alpha value is -2.75. The number of hydrogen-bond acceptors (Lipinski definition) is 4. The van der Waals surface area contributed by atoms with Crippen molar-refractivity contribution in [2.75, 3.05) is 20.3 Å². The van der Waals surface area contributed by atoms with Crippen LogP contribution in [0.1, 0.15) is 27.0 Å². The topological polar surface area (TPSA) is 44.8 Å². The number of benzene rings is 2. The molecule has 0 unspecified atom stereocenters. The van der Waals surface area contributed by atoms with E-state index in [1.54, 1.807) is 19.3 Å². The lowest BCUT2D eigenvalue weighted by Gasteiger charge is -2.20. The summed E-state index contributed by atoms with van der Waals surface area (Å²) in [5, 5.41) is 0. The highest BCUT2D eigenvalue weighted by atomic mass is 16.6. The number of carbonyl (C=O) groups is 1. The van der Waals surface area contributed by atoms with Crippen molar-refractivity contribution in [3.05, 3.63) is 58.7 Å². The third-order valence-corrected chi connectivity index (χ3v) is 4.07. The number of rotatable bonds is 4. The van der Waals surface area contributed by atoms with Gasteiger partial charge in [-0.2, -0.15) is 0 Å². The van der Waals surface area contributed by atoms with Gasteiger partial charge in [-0.25, -0.2) is 0 Å². The molecule has 0 aromatic heterocycles. The van der Waals surface area contributed by atoms with Crippen molar-refractivity contribution < 1.29 is 19.0 Å². The lowest BCUT2D eigenvalue weighted by atomic mass is 10.0. The Labute approximate surface area is 141 Å². The summed E-state index contributed by atoms with van der Waals surface area (Å²) in [4.78, 5) is 12.4. The molecule has 1 heterocycles. The average molecular weight is 324 g/mol. The Kier molecular flexibility index (Phi) is 4.56. The van der Waals surface area contributed by atoms with Gasteiger partial charge in [-0.05, 0) is 54.8 Å². The molecule has 24 heavy (non-hydrogen) atoms. The number of allylic oxidation sites excluding steroid dienone is 1. The maximum absolute atomic E-state index is 12.4. The number of ether oxygens (including phenoxy) is 3. The van der Waals surface area contributed by atoms with Gasteiger partial charge in [0.05, 0.1) is 7.11 Å². The molecule has 0 saturated heterocycles. The van der Waals surface area contributed by atoms with Crippen LogP contribution in [-0.4, -0.2) is 26.1 Å². The molecule has 3 rings (SSSR count). The van der Waals surface area contributed by atoms with Crippen molar-refractivity contribution >= 4 is 11.9 Å². The predicted molar refractivity (Wildman–Crippen MR) is 93.3 cm³/mol. The zero-order valence-electron chi connectivity index (χ0n) is 14.1. The molecule has 0 atom stereocenters. The van der Waals surface area contributed by atoms with Crippen molar-refractivity contribution in [1.29, 1.82) is 0 Å². The summed E-state index contributed by atoms with van der Waals surface area (Å²) in [6.07, 6.45) is 3.33. The number of hydrogen-bond donors (Lipinski definition) is 0. The smallest absolute Gasteiger partial charge is 0.203 e. The standard InChI is InChI=1S/C20H20O4/c1-13-4-6-16(10-14(13)2)17(21)7-5-15-11-18(22-3)20-19(12-15)23-8-9-24-20/h4-7,10-12H,8-9H2,1-3H3/b7-5+. The van der Waals surface area contributed by atoms with Crippen LogP contribution in [0.3, 0.4) is 0 Å². The van der Waals surface area contributed by atoms with Gasteiger partial charge in [-0.15, -0.1) is 0 Å². The first-order valence-electron chi connectivity index (χ1n) is 7.86. The van der Waals surface area contributed by atoms with Gasteiger partial charge >= 0.3 is 0 Å². The average Bonchev–Trinajstić information content (AvgIpc) is 2.61. The summed E-state index contributed by atoms with van der Waals surface area (Å²) in [7, 11) is 1.58. The van der Waals surface area contributed by atoms with Gasteiger partial charge in [0, 0.05) is 5.56 Å². The van der Waals surface area contributed by atoms with E-state index in [2.05, 4.69) is 0 Å². The van der Waals surface area contributed by atoms with E-state index in [-0.39, 0.29) is 5.78 Å². The van der Waals surface area contributed by atoms with Gasteiger partial charge in [0.2, 0.25) is 5.75 Å². The Morgan fingerprint density at radius 2 is 1.88 bits per heavy atom. The second kappa shape index (κ2) is 6.79. The third-order valence-electron chi connectivity index (χ3n) is 4.07. The lowest BCUT2D eigenvalue weighted by Crippen LogP contribution is -2.16. The van der Waals surface area contributed by atoms with E-state index in [0.29, 0.717) is 36.0 Å². The largest absolute Gasteiger partial charge is 0.493 e. The molecule has 0 aliphatic carbocycles. The van der Waals surface area contributed by atoms with Crippen LogP contribution in [0.15, 0.2) is 36.4 Å². The molecular weight excluding hydrogens is 304 g/mol. The highest BCUT2D eigenvalue weighted by Gasteiger charge is 2.17. The first kappa shape index (κ1) is 16.1. The van der Waals surface area contributed by atoms with Crippen LogP contribution in [0, 0.1) is 13.8 Å². The van der Waals surface area contributed by atoms with Crippen LogP contribution in [0.5, 0.6) is 17.2 Å². The fourth-order valence-corrected chi connectivity index (χ4v) is 2.55. The first-order valence-corrected chi connectivity index (χ1v) is 7.86. The maximum Gasteiger partial charge on any atom is 0.203 e. The molecule has 0 bridgehead atoms. The summed E-state index contributed by atoms with van der Waals surface area (Å²) in [6.45, 7) is 5.04. The number of carbonyl (C=O) groups excluding carboxylic acids is 1. The van der Waals surface area contributed by atoms with Crippen molar-refractivity contribution in [3.63, 3.8) is 0 Å². The second-order valence-corrected chi connectivity index (χ2v) is 5.74. The summed E-state index contributed by atoms with van der Waals surface area (Å²) in [5.74, 6) is 1.82. The molecule has 0 fully saturated rings. The van der Waals surface area contributed by atoms with E-state index >= 15 is 0 Å². The number of methoxy groups -OCH3 is 1. The monoisotopic (exact) mass is 324 g/mol. The molecule has 4 nitrogen and oxygen atoms in total. The first-order chi connectivity index (χ1) is 11.6. The summed E-state index contributed by atoms with van der Waals surface area (Å²) < 4.78 is 16.5. The fourth-order valence-electron chi connectivity index (χ4n) is 2.55. The molecule has 4 heteroatoms. The number of fused-ring (bicyclic) bond motifs is 1. The van der Waals surface area contributed by atoms with E-state index in [9.17, 15) is 4.79 Å². The van der Waals surface area contributed by atoms with Gasteiger partial charge in [-0.3, -0.25) is 4.79 Å². The van der Waals surface area contributed by atoms with Gasteiger partial charge in [0.1, 0.15) is 13.2 Å². The summed E-state index contributed by atoms with van der Waals surface area (Å²) >= 11 is 0. The minimum atomic E-state index is -0.0352. The SMILES string of the molecule is COc1cc(/C=C/C(=O)c2ccc(C)c(C)c2)cc2c1OCCO2. The maximum atomic E-state index is 12.4. The molecule has 0 spiro atoms. The molecule has 0 saturated carbocycles. The summed E-state index contributed by atoms with van der Waals surface area (Å²) in [5.41, 5.74) is 3.79. The van der Waals surface area contributed by atoms with Gasteiger partial charge in [0.15, 0.2) is 17.3 Å². The molecule has 124 valence electrons. The molecule has 2 aromatic carbocycles. The van der Waals surface area contributed by atoms with Crippen LogP contribution in [0.25, 0.3) is 6.08 Å². The van der Waals surface area contributed by atoms with E-state index in [1.165, 1.54) is 5.56 Å². The molecule has 0 amide bonds. The van der Waals surface area contributed by atoms with E-state index in [0.717, 1.165) is 11.1 Å². The molecule has 2 aromatic rings. The van der Waals surface area contributed by atoms with Gasteiger partial charge in [-0.1, -0.05) is 18.2 Å². The highest BCUT2D eigenvalue weighted by molar-refractivity contribution is 6.07. The zero-order valence-corrected chi connectivity index (χ0v) is 14.1. The van der Waals surface area contributed by atoms with Gasteiger partial charge < -0.3 is 14.2 Å². The Balaban J connectivity index is 1.85. The van der Waals surface area contributed by atoms with Crippen molar-refractivity contribution in [2.24, 2.45) is 0 Å². The lowest BCUT2D eigenvalue weighted by molar-refractivity contribution is 0.104. The minimum Gasteiger partial charge on any atom is -0.493 e. The van der Waals surface area contributed by atoms with E-state index in [4.69, 9.17) is 14.2 Å². The van der Waals surface area contributed by atoms with Crippen LogP contribution in [0.2, 0.25) is 0 Å². The third kappa shape index (κ3) is 3.27. The molecule has 1 aliphatic heterocycles. The molecular formula is C20H20O4. The van der Waals surface area contributed by atoms with Crippen molar-refractivity contribution in [2.45, 2.75) is 13.8 Å². The number of aryl methyl sites for hydroxylation is 2. The van der Waals surface area contributed by atoms with Gasteiger partial charge in [0.25, 0.3) is 0 Å². The molecule has 1 aliphatic rings. The molecule has 0 radical (unpaired) electrons. The zero-order chi connectivity index (χ0) is 17.1. The van der Waals surface area contributed by atoms with Crippen LogP contribution < -0.4 is 14.2 Å². The van der Waals surface area contributed by atoms with Crippen LogP contribution in [0.4, 0.5) is 0 Å². The highest BCUT2D eigenvalue weighted by Crippen LogP contribution is 2.40. The minimum absolute atomic E-state index is 0.0352. The Morgan fingerprint density at radius 3 is 2.62 bits per heavy atom. The van der Waals surface area contributed by atoms with Crippen LogP contribution >= 0.6 is 0 Å².